The van der Waals surface area contributed by atoms with Crippen LogP contribution < -0.4 is 15.8 Å². The molecule has 0 radical (unpaired) electrons. The molecule has 1 amide bonds. The van der Waals surface area contributed by atoms with Gasteiger partial charge in [-0.05, 0) is 41.7 Å². The molecule has 0 saturated heterocycles. The summed E-state index contributed by atoms with van der Waals surface area (Å²) in [6, 6.07) is 11.8. The van der Waals surface area contributed by atoms with Crippen molar-refractivity contribution in [1.82, 2.24) is 5.32 Å². The van der Waals surface area contributed by atoms with Gasteiger partial charge in [-0.15, -0.1) is 0 Å². The van der Waals surface area contributed by atoms with Crippen LogP contribution in [0.15, 0.2) is 42.5 Å². The molecule has 0 fully saturated rings. The van der Waals surface area contributed by atoms with Gasteiger partial charge >= 0.3 is 0 Å². The lowest BCUT2D eigenvalue weighted by Gasteiger charge is -2.20. The summed E-state index contributed by atoms with van der Waals surface area (Å²) in [7, 11) is 0. The maximum absolute atomic E-state index is 14.1. The Kier molecular flexibility index (Phi) is 5.67. The van der Waals surface area contributed by atoms with Crippen molar-refractivity contribution >= 4 is 11.6 Å². The minimum absolute atomic E-state index is 0.170. The monoisotopic (exact) mass is 344 g/mol. The molecule has 0 heterocycles. The SMILES string of the molecule is C[C@@H](NC(=O)COc1ccc(C(C)(C)C)c(F)c1)c1ccc(N)cc1. The fourth-order valence-corrected chi connectivity index (χ4v) is 2.49. The third-order valence-electron chi connectivity index (χ3n) is 3.93. The number of anilines is 1. The largest absolute Gasteiger partial charge is 0.484 e. The Morgan fingerprint density at radius 3 is 2.40 bits per heavy atom. The summed E-state index contributed by atoms with van der Waals surface area (Å²) in [6.07, 6.45) is 0. The van der Waals surface area contributed by atoms with Gasteiger partial charge in [-0.2, -0.15) is 0 Å². The Bertz CT molecular complexity index is 736. The maximum atomic E-state index is 14.1. The lowest BCUT2D eigenvalue weighted by molar-refractivity contribution is -0.123. The molecule has 4 nitrogen and oxygen atoms in total. The molecule has 2 aromatic rings. The van der Waals surface area contributed by atoms with E-state index in [1.807, 2.05) is 39.8 Å². The lowest BCUT2D eigenvalue weighted by Crippen LogP contribution is -2.31. The zero-order valence-corrected chi connectivity index (χ0v) is 15.1. The molecular formula is C20H25FN2O2. The molecule has 0 aliphatic rings. The zero-order chi connectivity index (χ0) is 18.6. The molecule has 0 aliphatic carbocycles. The van der Waals surface area contributed by atoms with Crippen molar-refractivity contribution in [3.63, 3.8) is 0 Å². The highest BCUT2D eigenvalue weighted by Crippen LogP contribution is 2.27. The van der Waals surface area contributed by atoms with Crippen molar-refractivity contribution in [2.75, 3.05) is 12.3 Å². The quantitative estimate of drug-likeness (QED) is 0.807. The Balaban J connectivity index is 1.91. The van der Waals surface area contributed by atoms with Crippen LogP contribution in [0.4, 0.5) is 10.1 Å². The molecule has 0 unspecified atom stereocenters. The van der Waals surface area contributed by atoms with Gasteiger partial charge in [0, 0.05) is 11.8 Å². The Labute approximate surface area is 148 Å². The first kappa shape index (κ1) is 18.8. The summed E-state index contributed by atoms with van der Waals surface area (Å²) < 4.78 is 19.5. The number of amides is 1. The van der Waals surface area contributed by atoms with Crippen molar-refractivity contribution in [3.05, 3.63) is 59.4 Å². The standard InChI is InChI=1S/C20H25FN2O2/c1-13(14-5-7-15(22)8-6-14)23-19(24)12-25-16-9-10-17(18(21)11-16)20(2,3)4/h5-11,13H,12,22H2,1-4H3,(H,23,24)/t13-/m1/s1. The van der Waals surface area contributed by atoms with E-state index < -0.39 is 0 Å². The summed E-state index contributed by atoms with van der Waals surface area (Å²) in [6.45, 7) is 7.53. The molecule has 0 aromatic heterocycles. The van der Waals surface area contributed by atoms with Gasteiger partial charge in [-0.3, -0.25) is 4.79 Å². The van der Waals surface area contributed by atoms with E-state index in [1.165, 1.54) is 6.07 Å². The number of hydrogen-bond donors (Lipinski definition) is 2. The third-order valence-corrected chi connectivity index (χ3v) is 3.93. The smallest absolute Gasteiger partial charge is 0.258 e. The Morgan fingerprint density at radius 2 is 1.84 bits per heavy atom. The molecule has 3 N–H and O–H groups in total. The summed E-state index contributed by atoms with van der Waals surface area (Å²) >= 11 is 0. The molecule has 1 atom stereocenters. The first-order valence-electron chi connectivity index (χ1n) is 8.24. The predicted octanol–water partition coefficient (Wildman–Crippen LogP) is 3.96. The maximum Gasteiger partial charge on any atom is 0.258 e. The van der Waals surface area contributed by atoms with Gasteiger partial charge in [0.05, 0.1) is 6.04 Å². The van der Waals surface area contributed by atoms with Crippen LogP contribution in [0.3, 0.4) is 0 Å². The molecule has 0 bridgehead atoms. The Hall–Kier alpha value is -2.56. The predicted molar refractivity (Wildman–Crippen MR) is 98.0 cm³/mol. The molecular weight excluding hydrogens is 319 g/mol. The second-order valence-corrected chi connectivity index (χ2v) is 7.14. The van der Waals surface area contributed by atoms with Crippen LogP contribution >= 0.6 is 0 Å². The van der Waals surface area contributed by atoms with E-state index in [2.05, 4.69) is 5.32 Å². The number of carbonyl (C=O) groups excluding carboxylic acids is 1. The lowest BCUT2D eigenvalue weighted by atomic mass is 9.87. The van der Waals surface area contributed by atoms with Gasteiger partial charge in [0.2, 0.25) is 0 Å². The molecule has 5 heteroatoms. The van der Waals surface area contributed by atoms with Gasteiger partial charge in [0.15, 0.2) is 6.61 Å². The van der Waals surface area contributed by atoms with Crippen molar-refractivity contribution in [2.45, 2.75) is 39.2 Å². The number of rotatable bonds is 5. The van der Waals surface area contributed by atoms with E-state index in [0.717, 1.165) is 5.56 Å². The molecule has 2 rings (SSSR count). The molecule has 0 saturated carbocycles. The minimum atomic E-state index is -0.333. The second kappa shape index (κ2) is 7.55. The number of carbonyl (C=O) groups is 1. The number of nitrogens with one attached hydrogen (secondary N) is 1. The number of halogens is 1. The van der Waals surface area contributed by atoms with Crippen molar-refractivity contribution in [1.29, 1.82) is 0 Å². The fraction of sp³-hybridized carbons (Fsp3) is 0.350. The van der Waals surface area contributed by atoms with Crippen LogP contribution in [-0.4, -0.2) is 12.5 Å². The van der Waals surface area contributed by atoms with Crippen LogP contribution in [-0.2, 0) is 10.2 Å². The van der Waals surface area contributed by atoms with Gasteiger partial charge in [0.1, 0.15) is 11.6 Å². The van der Waals surface area contributed by atoms with Gasteiger partial charge < -0.3 is 15.8 Å². The first-order chi connectivity index (χ1) is 11.7. The van der Waals surface area contributed by atoms with E-state index >= 15 is 0 Å². The number of nitrogen functional groups attached to an aromatic ring is 1. The first-order valence-corrected chi connectivity index (χ1v) is 8.24. The summed E-state index contributed by atoms with van der Waals surface area (Å²) in [4.78, 5) is 12.0. The summed E-state index contributed by atoms with van der Waals surface area (Å²) in [5.74, 6) is -0.272. The highest BCUT2D eigenvalue weighted by molar-refractivity contribution is 5.78. The third kappa shape index (κ3) is 5.21. The molecule has 25 heavy (non-hydrogen) atoms. The zero-order valence-electron chi connectivity index (χ0n) is 15.1. The Morgan fingerprint density at radius 1 is 1.20 bits per heavy atom. The van der Waals surface area contributed by atoms with Gasteiger partial charge in [0.25, 0.3) is 5.91 Å². The van der Waals surface area contributed by atoms with Gasteiger partial charge in [-0.25, -0.2) is 4.39 Å². The topological polar surface area (TPSA) is 64.3 Å². The molecule has 0 spiro atoms. The van der Waals surface area contributed by atoms with E-state index in [1.54, 1.807) is 24.3 Å². The van der Waals surface area contributed by atoms with Crippen molar-refractivity contribution in [3.8, 4) is 5.75 Å². The van der Waals surface area contributed by atoms with Crippen LogP contribution in [0.1, 0.15) is 44.9 Å². The fourth-order valence-electron chi connectivity index (χ4n) is 2.49. The number of nitrogens with two attached hydrogens (primary N) is 1. The van der Waals surface area contributed by atoms with E-state index in [4.69, 9.17) is 10.5 Å². The van der Waals surface area contributed by atoms with Crippen LogP contribution in [0.25, 0.3) is 0 Å². The second-order valence-electron chi connectivity index (χ2n) is 7.14. The van der Waals surface area contributed by atoms with Gasteiger partial charge in [-0.1, -0.05) is 39.0 Å². The molecule has 0 aliphatic heterocycles. The average molecular weight is 344 g/mol. The molecule has 2 aromatic carbocycles. The normalized spacial score (nSPS) is 12.5. The average Bonchev–Trinajstić information content (AvgIpc) is 2.52. The van der Waals surface area contributed by atoms with E-state index in [9.17, 15) is 9.18 Å². The van der Waals surface area contributed by atoms with Crippen LogP contribution in [0, 0.1) is 5.82 Å². The molecule has 134 valence electrons. The summed E-state index contributed by atoms with van der Waals surface area (Å²) in [5, 5.41) is 2.84. The number of hydrogen-bond acceptors (Lipinski definition) is 3. The number of benzene rings is 2. The minimum Gasteiger partial charge on any atom is -0.484 e. The highest BCUT2D eigenvalue weighted by atomic mass is 19.1. The van der Waals surface area contributed by atoms with Crippen LogP contribution in [0.5, 0.6) is 5.75 Å². The van der Waals surface area contributed by atoms with Crippen molar-refractivity contribution in [2.24, 2.45) is 0 Å². The van der Waals surface area contributed by atoms with E-state index in [0.29, 0.717) is 17.0 Å². The van der Waals surface area contributed by atoms with Crippen molar-refractivity contribution < 1.29 is 13.9 Å². The summed E-state index contributed by atoms with van der Waals surface area (Å²) in [5.41, 5.74) is 7.60. The highest BCUT2D eigenvalue weighted by Gasteiger charge is 2.19. The van der Waals surface area contributed by atoms with Crippen LogP contribution in [0.2, 0.25) is 0 Å². The van der Waals surface area contributed by atoms with E-state index in [-0.39, 0.29) is 29.8 Å². The number of ether oxygens (including phenoxy) is 1.